The van der Waals surface area contributed by atoms with Gasteiger partial charge < -0.3 is 9.64 Å². The fourth-order valence-corrected chi connectivity index (χ4v) is 2.31. The smallest absolute Gasteiger partial charge is 0.405 e. The third kappa shape index (κ3) is 4.90. The molecule has 0 spiro atoms. The molecule has 0 atom stereocenters. The first kappa shape index (κ1) is 19.6. The van der Waals surface area contributed by atoms with E-state index in [0.29, 0.717) is 0 Å². The van der Waals surface area contributed by atoms with E-state index in [1.165, 1.54) is 31.3 Å². The minimum absolute atomic E-state index is 0.00478. The standard InChI is InChI=1S/C17H13F6NO2/c1-24(10-11-6-2-5-9-14(11)26-17(21,22)23)15(25)12-7-3-4-8-13(12)16(18,19)20/h2-9H,10H2,1H3. The predicted molar refractivity (Wildman–Crippen MR) is 80.4 cm³/mol. The van der Waals surface area contributed by atoms with Gasteiger partial charge in [0.05, 0.1) is 11.1 Å². The quantitative estimate of drug-likeness (QED) is 0.711. The summed E-state index contributed by atoms with van der Waals surface area (Å²) in [5, 5.41) is 0. The van der Waals surface area contributed by atoms with Crippen molar-refractivity contribution >= 4 is 5.91 Å². The predicted octanol–water partition coefficient (Wildman–Crippen LogP) is 4.88. The van der Waals surface area contributed by atoms with Gasteiger partial charge in [-0.1, -0.05) is 30.3 Å². The zero-order valence-electron chi connectivity index (χ0n) is 13.4. The van der Waals surface area contributed by atoms with E-state index in [4.69, 9.17) is 0 Å². The molecule has 26 heavy (non-hydrogen) atoms. The second-order valence-corrected chi connectivity index (χ2v) is 5.36. The maximum absolute atomic E-state index is 13.0. The summed E-state index contributed by atoms with van der Waals surface area (Å²) in [5.41, 5.74) is -1.70. The third-order valence-corrected chi connectivity index (χ3v) is 3.42. The summed E-state index contributed by atoms with van der Waals surface area (Å²) < 4.78 is 80.3. The van der Waals surface area contributed by atoms with Crippen molar-refractivity contribution in [3.8, 4) is 5.75 Å². The van der Waals surface area contributed by atoms with Crippen LogP contribution in [-0.4, -0.2) is 24.2 Å². The molecule has 0 radical (unpaired) electrons. The summed E-state index contributed by atoms with van der Waals surface area (Å²) in [6.45, 7) is -0.364. The van der Waals surface area contributed by atoms with Gasteiger partial charge in [-0.15, -0.1) is 13.2 Å². The molecule has 0 aliphatic carbocycles. The highest BCUT2D eigenvalue weighted by Gasteiger charge is 2.36. The van der Waals surface area contributed by atoms with Crippen LogP contribution in [0.1, 0.15) is 21.5 Å². The Labute approximate surface area is 144 Å². The molecule has 9 heteroatoms. The van der Waals surface area contributed by atoms with Gasteiger partial charge in [0.25, 0.3) is 5.91 Å². The number of ether oxygens (including phenoxy) is 1. The molecule has 0 fully saturated rings. The van der Waals surface area contributed by atoms with E-state index in [9.17, 15) is 31.1 Å². The van der Waals surface area contributed by atoms with Crippen molar-refractivity contribution < 1.29 is 35.9 Å². The normalized spacial score (nSPS) is 12.0. The van der Waals surface area contributed by atoms with Gasteiger partial charge in [0.2, 0.25) is 0 Å². The number of hydrogen-bond donors (Lipinski definition) is 0. The lowest BCUT2D eigenvalue weighted by Gasteiger charge is -2.21. The topological polar surface area (TPSA) is 29.5 Å². The van der Waals surface area contributed by atoms with Crippen LogP contribution in [0.2, 0.25) is 0 Å². The van der Waals surface area contributed by atoms with Gasteiger partial charge in [-0.3, -0.25) is 4.79 Å². The number of para-hydroxylation sites is 1. The molecule has 0 heterocycles. The Morgan fingerprint density at radius 2 is 1.54 bits per heavy atom. The fraction of sp³-hybridized carbons (Fsp3) is 0.235. The largest absolute Gasteiger partial charge is 0.573 e. The molecule has 0 aliphatic rings. The summed E-state index contributed by atoms with van der Waals surface area (Å²) in [6.07, 6.45) is -9.66. The van der Waals surface area contributed by atoms with Crippen LogP contribution in [0.25, 0.3) is 0 Å². The van der Waals surface area contributed by atoms with Crippen molar-refractivity contribution in [3.05, 3.63) is 65.2 Å². The first-order valence-electron chi connectivity index (χ1n) is 7.24. The minimum Gasteiger partial charge on any atom is -0.405 e. The number of carbonyl (C=O) groups is 1. The molecule has 2 rings (SSSR count). The molecule has 3 nitrogen and oxygen atoms in total. The van der Waals surface area contributed by atoms with E-state index in [1.54, 1.807) is 0 Å². The average molecular weight is 377 g/mol. The minimum atomic E-state index is -4.93. The summed E-state index contributed by atoms with van der Waals surface area (Å²) >= 11 is 0. The molecule has 140 valence electrons. The highest BCUT2D eigenvalue weighted by Crippen LogP contribution is 2.33. The van der Waals surface area contributed by atoms with Crippen LogP contribution in [-0.2, 0) is 12.7 Å². The van der Waals surface area contributed by atoms with Crippen LogP contribution >= 0.6 is 0 Å². The van der Waals surface area contributed by atoms with E-state index in [0.717, 1.165) is 29.2 Å². The van der Waals surface area contributed by atoms with Crippen molar-refractivity contribution in [2.24, 2.45) is 0 Å². The number of hydrogen-bond acceptors (Lipinski definition) is 2. The molecule has 0 aromatic heterocycles. The molecule has 0 N–H and O–H groups in total. The number of carbonyl (C=O) groups excluding carboxylic acids is 1. The Bertz CT molecular complexity index is 785. The lowest BCUT2D eigenvalue weighted by Crippen LogP contribution is -2.29. The number of benzene rings is 2. The van der Waals surface area contributed by atoms with E-state index >= 15 is 0 Å². The van der Waals surface area contributed by atoms with Crippen LogP contribution in [0.5, 0.6) is 5.75 Å². The molecule has 0 bridgehead atoms. The molecule has 0 aliphatic heterocycles. The van der Waals surface area contributed by atoms with Crippen LogP contribution in [0.4, 0.5) is 26.3 Å². The van der Waals surface area contributed by atoms with Gasteiger partial charge in [0.1, 0.15) is 5.75 Å². The number of amides is 1. The zero-order valence-corrected chi connectivity index (χ0v) is 13.4. The average Bonchev–Trinajstić information content (AvgIpc) is 2.54. The SMILES string of the molecule is CN(Cc1ccccc1OC(F)(F)F)C(=O)c1ccccc1C(F)(F)F. The highest BCUT2D eigenvalue weighted by atomic mass is 19.4. The van der Waals surface area contributed by atoms with E-state index in [-0.39, 0.29) is 12.1 Å². The van der Waals surface area contributed by atoms with E-state index < -0.39 is 35.3 Å². The molecule has 0 saturated heterocycles. The number of alkyl halides is 6. The first-order valence-corrected chi connectivity index (χ1v) is 7.24. The van der Waals surface area contributed by atoms with Gasteiger partial charge in [0, 0.05) is 19.2 Å². The maximum Gasteiger partial charge on any atom is 0.573 e. The summed E-state index contributed by atoms with van der Waals surface area (Å²) in [6, 6.07) is 9.29. The van der Waals surface area contributed by atoms with E-state index in [2.05, 4.69) is 4.74 Å². The molecule has 2 aromatic rings. The molecule has 0 unspecified atom stereocenters. The molecular formula is C17H13F6NO2. The lowest BCUT2D eigenvalue weighted by atomic mass is 10.1. The molecule has 0 saturated carbocycles. The van der Waals surface area contributed by atoms with Crippen LogP contribution in [0.15, 0.2) is 48.5 Å². The first-order chi connectivity index (χ1) is 12.0. The van der Waals surface area contributed by atoms with Crippen molar-refractivity contribution in [2.75, 3.05) is 7.05 Å². The van der Waals surface area contributed by atoms with E-state index in [1.807, 2.05) is 0 Å². The second-order valence-electron chi connectivity index (χ2n) is 5.36. The van der Waals surface area contributed by atoms with Crippen molar-refractivity contribution in [2.45, 2.75) is 19.1 Å². The second kappa shape index (κ2) is 7.27. The van der Waals surface area contributed by atoms with Crippen molar-refractivity contribution in [1.29, 1.82) is 0 Å². The van der Waals surface area contributed by atoms with Crippen molar-refractivity contribution in [3.63, 3.8) is 0 Å². The Balaban J connectivity index is 2.27. The van der Waals surface area contributed by atoms with Gasteiger partial charge >= 0.3 is 12.5 Å². The Kier molecular flexibility index (Phi) is 5.48. The van der Waals surface area contributed by atoms with Gasteiger partial charge in [0.15, 0.2) is 0 Å². The number of nitrogens with zero attached hydrogens (tertiary/aromatic N) is 1. The van der Waals surface area contributed by atoms with Gasteiger partial charge in [-0.05, 0) is 18.2 Å². The lowest BCUT2D eigenvalue weighted by molar-refractivity contribution is -0.275. The number of halogens is 6. The molecular weight excluding hydrogens is 364 g/mol. The van der Waals surface area contributed by atoms with Crippen molar-refractivity contribution in [1.82, 2.24) is 4.90 Å². The number of rotatable bonds is 4. The van der Waals surface area contributed by atoms with Crippen LogP contribution in [0, 0.1) is 0 Å². The third-order valence-electron chi connectivity index (χ3n) is 3.42. The molecule has 2 aromatic carbocycles. The Morgan fingerprint density at radius 3 is 2.15 bits per heavy atom. The van der Waals surface area contributed by atoms with Crippen LogP contribution in [0.3, 0.4) is 0 Å². The highest BCUT2D eigenvalue weighted by molar-refractivity contribution is 5.95. The van der Waals surface area contributed by atoms with Crippen LogP contribution < -0.4 is 4.74 Å². The molecule has 1 amide bonds. The maximum atomic E-state index is 13.0. The Hall–Kier alpha value is -2.71. The monoisotopic (exact) mass is 377 g/mol. The summed E-state index contributed by atoms with van der Waals surface area (Å²) in [4.78, 5) is 13.3. The van der Waals surface area contributed by atoms with Gasteiger partial charge in [-0.25, -0.2) is 0 Å². The summed E-state index contributed by atoms with van der Waals surface area (Å²) in [7, 11) is 1.19. The zero-order chi connectivity index (χ0) is 19.5. The van der Waals surface area contributed by atoms with Gasteiger partial charge in [-0.2, -0.15) is 13.2 Å². The summed E-state index contributed by atoms with van der Waals surface area (Å²) in [5.74, 6) is -1.50. The Morgan fingerprint density at radius 1 is 0.962 bits per heavy atom. The fourth-order valence-electron chi connectivity index (χ4n) is 2.31.